The molecular weight excluding hydrogens is 242 g/mol. The number of hydrogen-bond donors (Lipinski definition) is 1. The smallest absolute Gasteiger partial charge is 0.386 e. The van der Waals surface area contributed by atoms with Crippen LogP contribution in [0.4, 0.5) is 0 Å². The van der Waals surface area contributed by atoms with Crippen LogP contribution in [0.5, 0.6) is 0 Å². The van der Waals surface area contributed by atoms with Crippen molar-refractivity contribution in [1.29, 1.82) is 0 Å². The zero-order chi connectivity index (χ0) is 13.0. The lowest BCUT2D eigenvalue weighted by molar-refractivity contribution is 0.188. The van der Waals surface area contributed by atoms with E-state index in [1.165, 1.54) is 51.4 Å². The molecule has 18 heavy (non-hydrogen) atoms. The molecule has 106 valence electrons. The summed E-state index contributed by atoms with van der Waals surface area (Å²) in [5.41, 5.74) is 0.640. The van der Waals surface area contributed by atoms with Crippen LogP contribution in [0.3, 0.4) is 0 Å². The summed E-state index contributed by atoms with van der Waals surface area (Å²) in [5, 5.41) is 0. The van der Waals surface area contributed by atoms with Gasteiger partial charge in [-0.15, -0.1) is 0 Å². The van der Waals surface area contributed by atoms with E-state index in [1.807, 2.05) is 14.2 Å². The summed E-state index contributed by atoms with van der Waals surface area (Å²) in [4.78, 5) is 3.85. The predicted octanol–water partition coefficient (Wildman–Crippen LogP) is 3.33. The van der Waals surface area contributed by atoms with E-state index in [4.69, 9.17) is 8.85 Å². The molecule has 0 aromatic carbocycles. The standard InChI is InChI=1S/C14H29NO2Si/c1-12-8-4-7-11-14(12)15-18(16-2,17-3)13-9-5-6-10-13/h12-15H,4-11H2,1-3H3. The fourth-order valence-electron chi connectivity index (χ4n) is 3.75. The molecule has 2 atom stereocenters. The Morgan fingerprint density at radius 2 is 1.44 bits per heavy atom. The first-order chi connectivity index (χ1) is 8.72. The van der Waals surface area contributed by atoms with Crippen molar-refractivity contribution in [1.82, 2.24) is 4.98 Å². The van der Waals surface area contributed by atoms with Crippen molar-refractivity contribution in [3.05, 3.63) is 0 Å². The molecule has 4 heteroatoms. The maximum Gasteiger partial charge on any atom is 0.427 e. The second-order valence-corrected chi connectivity index (χ2v) is 9.33. The van der Waals surface area contributed by atoms with E-state index in [0.717, 1.165) is 5.92 Å². The van der Waals surface area contributed by atoms with Crippen molar-refractivity contribution < 1.29 is 8.85 Å². The second-order valence-electron chi connectivity index (χ2n) is 6.07. The zero-order valence-electron chi connectivity index (χ0n) is 12.2. The molecule has 2 aliphatic rings. The van der Waals surface area contributed by atoms with E-state index in [1.54, 1.807) is 0 Å². The van der Waals surface area contributed by atoms with Gasteiger partial charge < -0.3 is 8.85 Å². The van der Waals surface area contributed by atoms with E-state index < -0.39 is 8.72 Å². The average molecular weight is 271 g/mol. The van der Waals surface area contributed by atoms with Crippen LogP contribution < -0.4 is 4.98 Å². The van der Waals surface area contributed by atoms with Gasteiger partial charge in [-0.05, 0) is 31.6 Å². The molecule has 1 N–H and O–H groups in total. The number of rotatable bonds is 5. The average Bonchev–Trinajstić information content (AvgIpc) is 2.93. The van der Waals surface area contributed by atoms with E-state index in [0.29, 0.717) is 11.6 Å². The first-order valence-corrected chi connectivity index (χ1v) is 9.49. The summed E-state index contributed by atoms with van der Waals surface area (Å²) >= 11 is 0. The van der Waals surface area contributed by atoms with E-state index in [9.17, 15) is 0 Å². The highest BCUT2D eigenvalue weighted by molar-refractivity contribution is 6.66. The van der Waals surface area contributed by atoms with Crippen molar-refractivity contribution in [2.45, 2.75) is 69.9 Å². The third-order valence-corrected chi connectivity index (χ3v) is 8.64. The van der Waals surface area contributed by atoms with Crippen LogP contribution in [-0.2, 0) is 8.85 Å². The lowest BCUT2D eigenvalue weighted by atomic mass is 9.87. The van der Waals surface area contributed by atoms with Crippen LogP contribution >= 0.6 is 0 Å². The molecule has 2 saturated carbocycles. The van der Waals surface area contributed by atoms with Gasteiger partial charge in [0.25, 0.3) is 0 Å². The summed E-state index contributed by atoms with van der Waals surface area (Å²) in [7, 11) is 1.49. The van der Waals surface area contributed by atoms with Crippen LogP contribution in [0.15, 0.2) is 0 Å². The van der Waals surface area contributed by atoms with Gasteiger partial charge in [0.05, 0.1) is 0 Å². The number of hydrogen-bond acceptors (Lipinski definition) is 3. The Morgan fingerprint density at radius 1 is 0.889 bits per heavy atom. The second kappa shape index (κ2) is 6.50. The molecule has 0 amide bonds. The maximum atomic E-state index is 5.93. The van der Waals surface area contributed by atoms with Crippen LogP contribution in [0.25, 0.3) is 0 Å². The Hall–Kier alpha value is 0.0969. The Morgan fingerprint density at radius 3 is 2.00 bits per heavy atom. The molecule has 2 rings (SSSR count). The first kappa shape index (κ1) is 14.5. The monoisotopic (exact) mass is 271 g/mol. The van der Waals surface area contributed by atoms with Crippen molar-refractivity contribution in [2.75, 3.05) is 14.2 Å². The Balaban J connectivity index is 2.04. The van der Waals surface area contributed by atoms with Crippen LogP contribution in [0.1, 0.15) is 58.3 Å². The first-order valence-electron chi connectivity index (χ1n) is 7.60. The number of nitrogens with one attached hydrogen (secondary N) is 1. The maximum absolute atomic E-state index is 5.93. The molecule has 3 nitrogen and oxygen atoms in total. The van der Waals surface area contributed by atoms with Crippen LogP contribution in [-0.4, -0.2) is 29.0 Å². The van der Waals surface area contributed by atoms with Gasteiger partial charge in [-0.2, -0.15) is 0 Å². The fourth-order valence-corrected chi connectivity index (χ4v) is 7.17. The minimum Gasteiger partial charge on any atom is -0.386 e. The summed E-state index contributed by atoms with van der Waals surface area (Å²) in [6.45, 7) is 2.37. The van der Waals surface area contributed by atoms with Gasteiger partial charge in [0, 0.05) is 25.8 Å². The summed E-state index contributed by atoms with van der Waals surface area (Å²) in [6.07, 6.45) is 10.6. The van der Waals surface area contributed by atoms with Gasteiger partial charge >= 0.3 is 8.72 Å². The lowest BCUT2D eigenvalue weighted by Gasteiger charge is -2.40. The molecule has 0 bridgehead atoms. The minimum atomic E-state index is -2.19. The molecule has 0 heterocycles. The summed E-state index contributed by atoms with van der Waals surface area (Å²) in [5.74, 6) is 0.761. The van der Waals surface area contributed by atoms with Crippen molar-refractivity contribution >= 4 is 8.72 Å². The van der Waals surface area contributed by atoms with Crippen molar-refractivity contribution in [3.63, 3.8) is 0 Å². The topological polar surface area (TPSA) is 30.5 Å². The molecule has 2 aliphatic carbocycles. The van der Waals surface area contributed by atoms with Gasteiger partial charge in [0.1, 0.15) is 0 Å². The highest BCUT2D eigenvalue weighted by Gasteiger charge is 2.48. The lowest BCUT2D eigenvalue weighted by Crippen LogP contribution is -2.63. The Labute approximate surface area is 113 Å². The highest BCUT2D eigenvalue weighted by atomic mass is 28.4. The van der Waals surface area contributed by atoms with Crippen molar-refractivity contribution in [3.8, 4) is 0 Å². The minimum absolute atomic E-state index is 0.603. The summed E-state index contributed by atoms with van der Waals surface area (Å²) < 4.78 is 11.9. The van der Waals surface area contributed by atoms with Gasteiger partial charge in [-0.3, -0.25) is 4.98 Å². The fraction of sp³-hybridized carbons (Fsp3) is 1.00. The van der Waals surface area contributed by atoms with E-state index in [-0.39, 0.29) is 0 Å². The van der Waals surface area contributed by atoms with E-state index in [2.05, 4.69) is 11.9 Å². The molecule has 2 fully saturated rings. The third kappa shape index (κ3) is 2.98. The molecule has 0 radical (unpaired) electrons. The molecular formula is C14H29NO2Si. The zero-order valence-corrected chi connectivity index (χ0v) is 13.2. The normalized spacial score (nSPS) is 30.8. The van der Waals surface area contributed by atoms with Gasteiger partial charge in [-0.1, -0.05) is 32.6 Å². The molecule has 0 saturated heterocycles. The largest absolute Gasteiger partial charge is 0.427 e. The molecule has 0 aromatic rings. The predicted molar refractivity (Wildman–Crippen MR) is 76.5 cm³/mol. The highest BCUT2D eigenvalue weighted by Crippen LogP contribution is 2.39. The van der Waals surface area contributed by atoms with Crippen LogP contribution in [0, 0.1) is 5.92 Å². The molecule has 0 aromatic heterocycles. The van der Waals surface area contributed by atoms with Gasteiger partial charge in [0.15, 0.2) is 0 Å². The SMILES string of the molecule is CO[Si](NC1CCCCC1C)(OC)C1CCCC1. The third-order valence-electron chi connectivity index (χ3n) is 5.00. The van der Waals surface area contributed by atoms with Gasteiger partial charge in [0.2, 0.25) is 0 Å². The van der Waals surface area contributed by atoms with Crippen molar-refractivity contribution in [2.24, 2.45) is 5.92 Å². The Kier molecular flexibility index (Phi) is 5.24. The van der Waals surface area contributed by atoms with Crippen LogP contribution in [0.2, 0.25) is 5.54 Å². The summed E-state index contributed by atoms with van der Waals surface area (Å²) in [6, 6.07) is 0.603. The molecule has 0 aliphatic heterocycles. The molecule has 0 spiro atoms. The quantitative estimate of drug-likeness (QED) is 0.778. The van der Waals surface area contributed by atoms with Gasteiger partial charge in [-0.25, -0.2) is 0 Å². The van der Waals surface area contributed by atoms with E-state index >= 15 is 0 Å². The Bertz CT molecular complexity index is 252. The molecule has 2 unspecified atom stereocenters.